The Labute approximate surface area is 248 Å². The van der Waals surface area contributed by atoms with Gasteiger partial charge in [-0.3, -0.25) is 29.0 Å². The number of ether oxygens (including phenoxy) is 1. The van der Waals surface area contributed by atoms with Crippen LogP contribution in [-0.4, -0.2) is 39.4 Å². The van der Waals surface area contributed by atoms with Crippen molar-refractivity contribution >= 4 is 29.6 Å². The van der Waals surface area contributed by atoms with Gasteiger partial charge in [0.05, 0.1) is 36.8 Å². The summed E-state index contributed by atoms with van der Waals surface area (Å²) in [6, 6.07) is 27.0. The largest absolute Gasteiger partial charge is 0.423 e. The van der Waals surface area contributed by atoms with E-state index in [1.165, 1.54) is 9.80 Å². The zero-order chi connectivity index (χ0) is 30.0. The molecule has 8 nitrogen and oxygen atoms in total. The van der Waals surface area contributed by atoms with Crippen LogP contribution < -0.4 is 4.74 Å². The molecule has 3 aromatic carbocycles. The minimum Gasteiger partial charge on any atom is -0.423 e. The van der Waals surface area contributed by atoms with Crippen molar-refractivity contribution in [3.05, 3.63) is 113 Å². The van der Waals surface area contributed by atoms with Crippen molar-refractivity contribution in [3.63, 3.8) is 0 Å². The topological polar surface area (TPSA) is 101 Å². The Morgan fingerprint density at radius 2 is 1.07 bits per heavy atom. The van der Waals surface area contributed by atoms with Gasteiger partial charge in [0.2, 0.25) is 23.6 Å². The summed E-state index contributed by atoms with van der Waals surface area (Å²) in [5, 5.41) is 0. The first-order chi connectivity index (χ1) is 20.7. The first-order valence-corrected chi connectivity index (χ1v) is 14.5. The standard InChI is InChI=1S/C35H30N2O6/c1-20-24-25-28(32(40)36(30(25)38)18-21-12-6-3-7-13-21)35(2,27(20)34(42)43-23-16-10-5-11-17-23)29-26(24)31(39)37(33(29)41)19-22-14-8-4-9-15-22/h3-17,24-26,28-29H,18-19H2,1-2H3. The van der Waals surface area contributed by atoms with Gasteiger partial charge in [0.15, 0.2) is 0 Å². The van der Waals surface area contributed by atoms with E-state index in [1.807, 2.05) is 60.7 Å². The molecule has 1 saturated carbocycles. The third-order valence-corrected chi connectivity index (χ3v) is 9.91. The SMILES string of the molecule is CC1=C(C(=O)Oc2ccccc2)C2(C)C3C(=O)N(Cc4ccccc4)C(=O)C3C1C1C(=O)N(Cc3ccccc3)C(=O)C12. The number of hydrogen-bond acceptors (Lipinski definition) is 6. The molecule has 4 atom stereocenters. The molecule has 3 aromatic rings. The molecule has 2 bridgehead atoms. The third-order valence-electron chi connectivity index (χ3n) is 9.91. The maximum absolute atomic E-state index is 14.3. The molecule has 3 aliphatic carbocycles. The lowest BCUT2D eigenvalue weighted by Crippen LogP contribution is -2.61. The highest BCUT2D eigenvalue weighted by atomic mass is 16.5. The van der Waals surface area contributed by atoms with E-state index in [9.17, 15) is 24.0 Å². The average Bonchev–Trinajstić information content (AvgIpc) is 3.41. The van der Waals surface area contributed by atoms with Gasteiger partial charge in [-0.05, 0) is 30.2 Å². The molecule has 216 valence electrons. The minimum atomic E-state index is -1.43. The number of esters is 1. The van der Waals surface area contributed by atoms with Gasteiger partial charge in [0, 0.05) is 16.9 Å². The van der Waals surface area contributed by atoms with Gasteiger partial charge in [0.25, 0.3) is 0 Å². The van der Waals surface area contributed by atoms with Crippen LogP contribution >= 0.6 is 0 Å². The third kappa shape index (κ3) is 3.85. The molecule has 0 radical (unpaired) electrons. The van der Waals surface area contributed by atoms with E-state index in [-0.39, 0.29) is 30.5 Å². The van der Waals surface area contributed by atoms with Gasteiger partial charge >= 0.3 is 5.97 Å². The van der Waals surface area contributed by atoms with Crippen LogP contribution in [0.25, 0.3) is 0 Å². The maximum Gasteiger partial charge on any atom is 0.339 e. The predicted octanol–water partition coefficient (Wildman–Crippen LogP) is 4.16. The van der Waals surface area contributed by atoms with E-state index in [0.29, 0.717) is 11.3 Å². The molecule has 4 amide bonds. The molecular weight excluding hydrogens is 544 g/mol. The number of carbonyl (C=O) groups is 5. The van der Waals surface area contributed by atoms with Crippen molar-refractivity contribution in [3.8, 4) is 5.75 Å². The Hall–Kier alpha value is -4.85. The van der Waals surface area contributed by atoms with Gasteiger partial charge in [0.1, 0.15) is 5.75 Å². The summed E-state index contributed by atoms with van der Waals surface area (Å²) in [5.41, 5.74) is 0.895. The van der Waals surface area contributed by atoms with E-state index in [2.05, 4.69) is 0 Å². The number of para-hydroxylation sites is 1. The fraction of sp³-hybridized carbons (Fsp3) is 0.286. The zero-order valence-electron chi connectivity index (χ0n) is 23.8. The average molecular weight is 575 g/mol. The number of amides is 4. The van der Waals surface area contributed by atoms with E-state index < -0.39 is 52.8 Å². The second kappa shape index (κ2) is 9.87. The van der Waals surface area contributed by atoms with E-state index in [4.69, 9.17) is 4.74 Å². The van der Waals surface area contributed by atoms with Crippen molar-refractivity contribution < 1.29 is 28.7 Å². The number of hydrogen-bond donors (Lipinski definition) is 0. The lowest BCUT2D eigenvalue weighted by atomic mass is 9.43. The fourth-order valence-electron chi connectivity index (χ4n) is 8.22. The first kappa shape index (κ1) is 27.0. The zero-order valence-corrected chi connectivity index (χ0v) is 23.8. The number of carbonyl (C=O) groups excluding carboxylic acids is 5. The molecule has 0 aromatic heterocycles. The van der Waals surface area contributed by atoms with Crippen LogP contribution in [-0.2, 0) is 37.1 Å². The summed E-state index contributed by atoms with van der Waals surface area (Å²) in [6.45, 7) is 3.60. The summed E-state index contributed by atoms with van der Waals surface area (Å²) >= 11 is 0. The predicted molar refractivity (Wildman–Crippen MR) is 154 cm³/mol. The van der Waals surface area contributed by atoms with Crippen LogP contribution in [0.2, 0.25) is 0 Å². The molecule has 2 heterocycles. The van der Waals surface area contributed by atoms with Crippen molar-refractivity contribution in [2.45, 2.75) is 26.9 Å². The van der Waals surface area contributed by atoms with Crippen LogP contribution in [0.3, 0.4) is 0 Å². The monoisotopic (exact) mass is 574 g/mol. The van der Waals surface area contributed by atoms with Crippen LogP contribution in [0.1, 0.15) is 25.0 Å². The lowest BCUT2D eigenvalue weighted by Gasteiger charge is -2.55. The van der Waals surface area contributed by atoms with E-state index in [0.717, 1.165) is 11.1 Å². The molecule has 3 fully saturated rings. The quantitative estimate of drug-likeness (QED) is 0.249. The lowest BCUT2D eigenvalue weighted by molar-refractivity contribution is -0.152. The van der Waals surface area contributed by atoms with Crippen molar-refractivity contribution in [2.75, 3.05) is 0 Å². The maximum atomic E-state index is 14.3. The highest BCUT2D eigenvalue weighted by molar-refractivity contribution is 6.13. The summed E-state index contributed by atoms with van der Waals surface area (Å²) in [6.07, 6.45) is 0. The fourth-order valence-corrected chi connectivity index (χ4v) is 8.22. The van der Waals surface area contributed by atoms with Gasteiger partial charge < -0.3 is 4.74 Å². The molecule has 43 heavy (non-hydrogen) atoms. The highest BCUT2D eigenvalue weighted by Gasteiger charge is 2.76. The number of likely N-dealkylation sites (tertiary alicyclic amines) is 2. The molecule has 5 aliphatic rings. The first-order valence-electron chi connectivity index (χ1n) is 14.5. The number of benzene rings is 3. The summed E-state index contributed by atoms with van der Waals surface area (Å²) in [5.74, 6) is -6.40. The molecule has 0 spiro atoms. The number of nitrogens with zero attached hydrogens (tertiary/aromatic N) is 2. The van der Waals surface area contributed by atoms with Gasteiger partial charge in [-0.25, -0.2) is 4.79 Å². The minimum absolute atomic E-state index is 0.0779. The molecule has 2 saturated heterocycles. The Morgan fingerprint density at radius 1 is 0.651 bits per heavy atom. The number of allylic oxidation sites excluding steroid dienone is 1. The van der Waals surface area contributed by atoms with Gasteiger partial charge in [-0.15, -0.1) is 0 Å². The second-order valence-corrected chi connectivity index (χ2v) is 12.1. The van der Waals surface area contributed by atoms with Crippen LogP contribution in [0, 0.1) is 35.0 Å². The molecule has 4 unspecified atom stereocenters. The Bertz CT molecular complexity index is 1610. The molecule has 8 heteroatoms. The van der Waals surface area contributed by atoms with Gasteiger partial charge in [-0.1, -0.05) is 91.4 Å². The molecule has 2 aliphatic heterocycles. The van der Waals surface area contributed by atoms with Crippen LogP contribution in [0.5, 0.6) is 5.75 Å². The smallest absolute Gasteiger partial charge is 0.339 e. The molecule has 8 rings (SSSR count). The Balaban J connectivity index is 1.34. The van der Waals surface area contributed by atoms with Gasteiger partial charge in [-0.2, -0.15) is 0 Å². The summed E-state index contributed by atoms with van der Waals surface area (Å²) < 4.78 is 5.79. The second-order valence-electron chi connectivity index (χ2n) is 12.1. The summed E-state index contributed by atoms with van der Waals surface area (Å²) in [7, 11) is 0. The molecule has 0 N–H and O–H groups in total. The van der Waals surface area contributed by atoms with Crippen LogP contribution in [0.15, 0.2) is 102 Å². The van der Waals surface area contributed by atoms with Crippen molar-refractivity contribution in [2.24, 2.45) is 35.0 Å². The molecular formula is C35H30N2O6. The van der Waals surface area contributed by atoms with E-state index in [1.54, 1.807) is 44.2 Å². The number of rotatable bonds is 6. The van der Waals surface area contributed by atoms with E-state index >= 15 is 0 Å². The Morgan fingerprint density at radius 3 is 1.51 bits per heavy atom. The van der Waals surface area contributed by atoms with Crippen molar-refractivity contribution in [1.29, 1.82) is 0 Å². The van der Waals surface area contributed by atoms with Crippen LogP contribution in [0.4, 0.5) is 0 Å². The highest BCUT2D eigenvalue weighted by Crippen LogP contribution is 2.68. The summed E-state index contributed by atoms with van der Waals surface area (Å²) in [4.78, 5) is 73.2. The normalized spacial score (nSPS) is 29.3. The van der Waals surface area contributed by atoms with Crippen molar-refractivity contribution in [1.82, 2.24) is 9.80 Å². The number of imide groups is 2. The Kier molecular flexibility index (Phi) is 6.20.